The summed E-state index contributed by atoms with van der Waals surface area (Å²) < 4.78 is 0. The number of urea groups is 1. The molecule has 0 rings (SSSR count). The van der Waals surface area contributed by atoms with Gasteiger partial charge in [0.25, 0.3) is 0 Å². The number of carbonyl (C=O) groups is 1. The predicted octanol–water partition coefficient (Wildman–Crippen LogP) is 0.821. The molecule has 4 N–H and O–H groups in total. The molecular formula is C9H21N3O. The Hall–Kier alpha value is -0.770. The van der Waals surface area contributed by atoms with Gasteiger partial charge in [0.05, 0.1) is 0 Å². The Morgan fingerprint density at radius 2 is 2.00 bits per heavy atom. The molecule has 78 valence electrons. The van der Waals surface area contributed by atoms with Gasteiger partial charge in [0.1, 0.15) is 0 Å². The highest BCUT2D eigenvalue weighted by atomic mass is 16.2. The molecule has 1 atom stereocenters. The van der Waals surface area contributed by atoms with Crippen LogP contribution in [0.25, 0.3) is 0 Å². The molecule has 0 aliphatic rings. The summed E-state index contributed by atoms with van der Waals surface area (Å²) in [7, 11) is 0. The molecule has 2 amide bonds. The monoisotopic (exact) mass is 187 g/mol. The number of hydrogen-bond acceptors (Lipinski definition) is 2. The van der Waals surface area contributed by atoms with E-state index in [1.54, 1.807) is 0 Å². The summed E-state index contributed by atoms with van der Waals surface area (Å²) in [6.45, 7) is 8.33. The Balaban J connectivity index is 3.64. The molecule has 0 fully saturated rings. The standard InChI is InChI=1S/C9H21N3O/c1-5-7(10)6-11-8(13)12-9(2,3)4/h7H,5-6,10H2,1-4H3,(H2,11,12,13). The van der Waals surface area contributed by atoms with E-state index in [0.29, 0.717) is 6.54 Å². The molecule has 0 heterocycles. The lowest BCUT2D eigenvalue weighted by atomic mass is 10.1. The van der Waals surface area contributed by atoms with Crippen LogP contribution in [0.2, 0.25) is 0 Å². The number of hydrogen-bond donors (Lipinski definition) is 3. The van der Waals surface area contributed by atoms with Crippen molar-refractivity contribution in [3.63, 3.8) is 0 Å². The predicted molar refractivity (Wildman–Crippen MR) is 54.6 cm³/mol. The van der Waals surface area contributed by atoms with E-state index >= 15 is 0 Å². The average molecular weight is 187 g/mol. The van der Waals surface area contributed by atoms with Gasteiger partial charge in [-0.2, -0.15) is 0 Å². The Morgan fingerprint density at radius 3 is 2.38 bits per heavy atom. The normalized spacial score (nSPS) is 13.6. The highest BCUT2D eigenvalue weighted by molar-refractivity contribution is 5.74. The van der Waals surface area contributed by atoms with Crippen molar-refractivity contribution >= 4 is 6.03 Å². The van der Waals surface area contributed by atoms with Crippen LogP contribution in [0.15, 0.2) is 0 Å². The van der Waals surface area contributed by atoms with Crippen LogP contribution < -0.4 is 16.4 Å². The molecule has 0 aromatic rings. The number of carbonyl (C=O) groups excluding carboxylic acids is 1. The molecule has 0 aliphatic carbocycles. The third-order valence-corrected chi connectivity index (χ3v) is 1.54. The van der Waals surface area contributed by atoms with E-state index in [-0.39, 0.29) is 17.6 Å². The van der Waals surface area contributed by atoms with E-state index in [9.17, 15) is 4.79 Å². The number of amides is 2. The SMILES string of the molecule is CCC(N)CNC(=O)NC(C)(C)C. The third-order valence-electron chi connectivity index (χ3n) is 1.54. The van der Waals surface area contributed by atoms with Crippen molar-refractivity contribution in [3.8, 4) is 0 Å². The van der Waals surface area contributed by atoms with Crippen LogP contribution in [0.5, 0.6) is 0 Å². The van der Waals surface area contributed by atoms with Gasteiger partial charge in [0.15, 0.2) is 0 Å². The first-order valence-electron chi connectivity index (χ1n) is 4.66. The zero-order valence-corrected chi connectivity index (χ0v) is 8.98. The molecule has 0 radical (unpaired) electrons. The Kier molecular flexibility index (Phi) is 4.77. The zero-order valence-electron chi connectivity index (χ0n) is 8.98. The number of nitrogens with one attached hydrogen (secondary N) is 2. The van der Waals surface area contributed by atoms with E-state index < -0.39 is 0 Å². The maximum Gasteiger partial charge on any atom is 0.315 e. The summed E-state index contributed by atoms with van der Waals surface area (Å²) in [4.78, 5) is 11.2. The molecule has 0 bridgehead atoms. The summed E-state index contributed by atoms with van der Waals surface area (Å²) in [5.74, 6) is 0. The average Bonchev–Trinajstić information content (AvgIpc) is 1.97. The molecule has 4 heteroatoms. The van der Waals surface area contributed by atoms with E-state index in [1.807, 2.05) is 27.7 Å². The van der Waals surface area contributed by atoms with Crippen molar-refractivity contribution in [3.05, 3.63) is 0 Å². The van der Waals surface area contributed by atoms with Crippen molar-refractivity contribution in [2.24, 2.45) is 5.73 Å². The third kappa shape index (κ3) is 7.59. The second-order valence-corrected chi connectivity index (χ2v) is 4.25. The molecule has 0 aromatic heterocycles. The Morgan fingerprint density at radius 1 is 1.46 bits per heavy atom. The lowest BCUT2D eigenvalue weighted by Crippen LogP contribution is -2.49. The van der Waals surface area contributed by atoms with E-state index in [4.69, 9.17) is 5.73 Å². The van der Waals surface area contributed by atoms with Crippen LogP contribution in [0.1, 0.15) is 34.1 Å². The molecule has 4 nitrogen and oxygen atoms in total. The summed E-state index contributed by atoms with van der Waals surface area (Å²) >= 11 is 0. The Bertz CT molecular complexity index is 163. The van der Waals surface area contributed by atoms with Gasteiger partial charge in [0.2, 0.25) is 0 Å². The van der Waals surface area contributed by atoms with Crippen molar-refractivity contribution in [2.75, 3.05) is 6.54 Å². The van der Waals surface area contributed by atoms with Gasteiger partial charge in [-0.3, -0.25) is 0 Å². The van der Waals surface area contributed by atoms with E-state index in [0.717, 1.165) is 6.42 Å². The van der Waals surface area contributed by atoms with Gasteiger partial charge in [-0.15, -0.1) is 0 Å². The first kappa shape index (κ1) is 12.2. The molecule has 13 heavy (non-hydrogen) atoms. The van der Waals surface area contributed by atoms with Gasteiger partial charge in [-0.05, 0) is 27.2 Å². The van der Waals surface area contributed by atoms with Crippen molar-refractivity contribution in [2.45, 2.75) is 45.7 Å². The minimum Gasteiger partial charge on any atom is -0.337 e. The first-order valence-corrected chi connectivity index (χ1v) is 4.66. The summed E-state index contributed by atoms with van der Waals surface area (Å²) in [6.07, 6.45) is 0.871. The fourth-order valence-corrected chi connectivity index (χ4v) is 0.753. The second-order valence-electron chi connectivity index (χ2n) is 4.25. The zero-order chi connectivity index (χ0) is 10.5. The lowest BCUT2D eigenvalue weighted by molar-refractivity contribution is 0.231. The summed E-state index contributed by atoms with van der Waals surface area (Å²) in [5.41, 5.74) is 5.45. The quantitative estimate of drug-likeness (QED) is 0.612. The maximum absolute atomic E-state index is 11.2. The van der Waals surface area contributed by atoms with Crippen LogP contribution in [-0.2, 0) is 0 Å². The van der Waals surface area contributed by atoms with Gasteiger partial charge in [-0.25, -0.2) is 4.79 Å². The molecule has 1 unspecified atom stereocenters. The molecular weight excluding hydrogens is 166 g/mol. The molecule has 0 aliphatic heterocycles. The molecule has 0 saturated carbocycles. The van der Waals surface area contributed by atoms with E-state index in [2.05, 4.69) is 10.6 Å². The van der Waals surface area contributed by atoms with E-state index in [1.165, 1.54) is 0 Å². The number of rotatable bonds is 3. The largest absolute Gasteiger partial charge is 0.337 e. The van der Waals surface area contributed by atoms with Crippen LogP contribution >= 0.6 is 0 Å². The Labute approximate surface area is 80.3 Å². The van der Waals surface area contributed by atoms with Gasteiger partial charge >= 0.3 is 6.03 Å². The van der Waals surface area contributed by atoms with Crippen LogP contribution in [-0.4, -0.2) is 24.2 Å². The fraction of sp³-hybridized carbons (Fsp3) is 0.889. The van der Waals surface area contributed by atoms with Gasteiger partial charge < -0.3 is 16.4 Å². The van der Waals surface area contributed by atoms with Crippen molar-refractivity contribution < 1.29 is 4.79 Å². The van der Waals surface area contributed by atoms with Crippen molar-refractivity contribution in [1.82, 2.24) is 10.6 Å². The van der Waals surface area contributed by atoms with Crippen LogP contribution in [0.3, 0.4) is 0 Å². The molecule has 0 aromatic carbocycles. The molecule has 0 spiro atoms. The molecule has 0 saturated heterocycles. The first-order chi connectivity index (χ1) is 5.85. The minimum atomic E-state index is -0.194. The summed E-state index contributed by atoms with van der Waals surface area (Å²) in [6, 6.07) is -0.109. The fourth-order valence-electron chi connectivity index (χ4n) is 0.753. The highest BCUT2D eigenvalue weighted by Crippen LogP contribution is 1.97. The van der Waals surface area contributed by atoms with Gasteiger partial charge in [-0.1, -0.05) is 6.92 Å². The summed E-state index contributed by atoms with van der Waals surface area (Å²) in [5, 5.41) is 5.51. The van der Waals surface area contributed by atoms with Crippen molar-refractivity contribution in [1.29, 1.82) is 0 Å². The maximum atomic E-state index is 11.2. The van der Waals surface area contributed by atoms with Crippen LogP contribution in [0.4, 0.5) is 4.79 Å². The topological polar surface area (TPSA) is 67.1 Å². The van der Waals surface area contributed by atoms with Gasteiger partial charge in [0, 0.05) is 18.1 Å². The minimum absolute atomic E-state index is 0.0470. The second kappa shape index (κ2) is 5.07. The van der Waals surface area contributed by atoms with Crippen LogP contribution in [0, 0.1) is 0 Å². The highest BCUT2D eigenvalue weighted by Gasteiger charge is 2.13. The smallest absolute Gasteiger partial charge is 0.315 e. The number of nitrogens with two attached hydrogens (primary N) is 1. The lowest BCUT2D eigenvalue weighted by Gasteiger charge is -2.21.